The first-order valence-electron chi connectivity index (χ1n) is 24.2. The Bertz CT molecular complexity index is 2700. The Morgan fingerprint density at radius 1 is 0.571 bits per heavy atom. The highest BCUT2D eigenvalue weighted by Gasteiger charge is 2.64. The predicted octanol–water partition coefficient (Wildman–Crippen LogP) is 10.5. The van der Waals surface area contributed by atoms with Gasteiger partial charge in [0.25, 0.3) is 0 Å². The Morgan fingerprint density at radius 2 is 1.10 bits per heavy atom. The van der Waals surface area contributed by atoms with Gasteiger partial charge < -0.3 is 33.2 Å². The lowest BCUT2D eigenvalue weighted by Gasteiger charge is -2.46. The minimum absolute atomic E-state index is 0.00236. The third-order valence-corrected chi connectivity index (χ3v) is 18.3. The Kier molecular flexibility index (Phi) is 13.1. The first kappa shape index (κ1) is 46.5. The van der Waals surface area contributed by atoms with Gasteiger partial charge in [0.2, 0.25) is 6.10 Å². The van der Waals surface area contributed by atoms with Crippen LogP contribution in [-0.2, 0) is 71.0 Å². The summed E-state index contributed by atoms with van der Waals surface area (Å²) in [6.07, 6.45) is 1.60. The molecule has 7 aliphatic rings. The first-order chi connectivity index (χ1) is 34.1. The standard InChI is InChI=1S/C30H29O7S.C28H27O3S/c1-30(2)36-27-25-24(35-29(27)37-30)26(28(32)34-25)33-23(31)18-15-19-13-16-22(17-14-19)38(20-9-5-3-6-10-20)21-11-7-4-8-12-21;29-27-21-15-20-16-23(30-27)19-28(17-20,18-21)31-22-11-13-26(14-12-22)32(24-7-3-1-4-8-24)25-9-5-2-6-10-25/h3-14,16-17,24-27,29H,15,18H2,1-2H3;1-14,20-21,23H,15-19H2/q2*+1. The second-order valence-corrected chi connectivity index (χ2v) is 23.4. The highest BCUT2D eigenvalue weighted by Crippen LogP contribution is 2.51. The van der Waals surface area contributed by atoms with Crippen LogP contribution in [0.1, 0.15) is 57.9 Å². The maximum absolute atomic E-state index is 12.7. The number of rotatable bonds is 12. The number of carbonyl (C=O) groups is 3. The van der Waals surface area contributed by atoms with Gasteiger partial charge in [-0.2, -0.15) is 0 Å². The normalized spacial score (nSPS) is 27.7. The molecule has 6 aromatic rings. The molecule has 5 saturated heterocycles. The van der Waals surface area contributed by atoms with Crippen LogP contribution in [0.4, 0.5) is 0 Å². The van der Waals surface area contributed by atoms with E-state index < -0.39 is 48.4 Å². The summed E-state index contributed by atoms with van der Waals surface area (Å²) in [5.74, 6) is -0.478. The van der Waals surface area contributed by atoms with E-state index in [0.29, 0.717) is 12.3 Å². The number of benzene rings is 6. The maximum Gasteiger partial charge on any atom is 0.350 e. The van der Waals surface area contributed by atoms with Crippen molar-refractivity contribution in [3.05, 3.63) is 175 Å². The van der Waals surface area contributed by atoms with Crippen molar-refractivity contribution < 1.29 is 47.5 Å². The van der Waals surface area contributed by atoms with E-state index >= 15 is 0 Å². The molecule has 9 unspecified atom stereocenters. The molecule has 7 fully saturated rings. The van der Waals surface area contributed by atoms with Gasteiger partial charge >= 0.3 is 17.9 Å². The molecule has 2 saturated carbocycles. The largest absolute Gasteiger partial charge is 0.487 e. The zero-order valence-electron chi connectivity index (χ0n) is 39.1. The van der Waals surface area contributed by atoms with Gasteiger partial charge in [0.15, 0.2) is 53.7 Å². The molecule has 12 heteroatoms. The van der Waals surface area contributed by atoms with Crippen LogP contribution in [0, 0.1) is 11.8 Å². The molecular weight excluding hydrogens is 921 g/mol. The van der Waals surface area contributed by atoms with Crippen molar-refractivity contribution in [3.8, 4) is 5.75 Å². The van der Waals surface area contributed by atoms with Crippen molar-refractivity contribution in [3.63, 3.8) is 0 Å². The monoisotopic (exact) mass is 976 g/mol. The summed E-state index contributed by atoms with van der Waals surface area (Å²) in [6.45, 7) is 3.54. The molecule has 5 heterocycles. The highest BCUT2D eigenvalue weighted by molar-refractivity contribution is 7.97. The van der Waals surface area contributed by atoms with Crippen molar-refractivity contribution in [2.75, 3.05) is 0 Å². The minimum Gasteiger partial charge on any atom is -0.487 e. The number of hydrogen-bond acceptors (Lipinski definition) is 10. The number of ether oxygens (including phenoxy) is 7. The van der Waals surface area contributed by atoms with Crippen molar-refractivity contribution in [1.29, 1.82) is 0 Å². The fourth-order valence-corrected chi connectivity index (χ4v) is 15.2. The molecule has 0 radical (unpaired) electrons. The van der Waals surface area contributed by atoms with Crippen LogP contribution in [0.25, 0.3) is 0 Å². The minimum atomic E-state index is -1.12. The number of carbonyl (C=O) groups excluding carboxylic acids is 3. The van der Waals surface area contributed by atoms with Gasteiger partial charge in [0, 0.05) is 19.3 Å². The van der Waals surface area contributed by atoms with Crippen LogP contribution in [-0.4, -0.2) is 66.1 Å². The summed E-state index contributed by atoms with van der Waals surface area (Å²) in [6, 6.07) is 59.2. The van der Waals surface area contributed by atoms with Crippen LogP contribution >= 0.6 is 0 Å². The molecule has 0 amide bonds. The van der Waals surface area contributed by atoms with Gasteiger partial charge in [-0.15, -0.1) is 0 Å². The summed E-state index contributed by atoms with van der Waals surface area (Å²) < 4.78 is 40.7. The zero-order valence-corrected chi connectivity index (χ0v) is 40.8. The molecule has 9 atom stereocenters. The SMILES string of the molecule is CC1(C)OC2OC3C(OC(=O)CCc4ccc([S+](c5ccccc5)c5ccccc5)cc4)C(=O)OC3C2O1.O=C1OC2CC3CC1CC(Oc1ccc([S+](c4ccccc4)c4ccccc4)cc1)(C3)C2. The predicted molar refractivity (Wildman–Crippen MR) is 263 cm³/mol. The second kappa shape index (κ2) is 19.7. The smallest absolute Gasteiger partial charge is 0.350 e. The molecule has 0 spiro atoms. The van der Waals surface area contributed by atoms with Crippen LogP contribution in [0.3, 0.4) is 0 Å². The molecule has 10 nitrogen and oxygen atoms in total. The maximum atomic E-state index is 12.7. The quantitative estimate of drug-likeness (QED) is 0.0667. The lowest BCUT2D eigenvalue weighted by atomic mass is 9.65. The van der Waals surface area contributed by atoms with E-state index in [-0.39, 0.29) is 51.8 Å². The molecule has 0 aromatic heterocycles. The molecule has 0 N–H and O–H groups in total. The van der Waals surface area contributed by atoms with E-state index in [9.17, 15) is 14.4 Å². The van der Waals surface area contributed by atoms with Gasteiger partial charge in [-0.05, 0) is 136 Å². The van der Waals surface area contributed by atoms with Gasteiger partial charge in [0.1, 0.15) is 23.6 Å². The molecule has 5 aliphatic heterocycles. The molecule has 358 valence electrons. The van der Waals surface area contributed by atoms with Gasteiger partial charge in [0.05, 0.1) is 27.7 Å². The van der Waals surface area contributed by atoms with E-state index in [0.717, 1.165) is 43.4 Å². The Balaban J connectivity index is 0.000000154. The number of fused-ring (bicyclic) bond motifs is 4. The number of hydrogen-bond donors (Lipinski definition) is 0. The van der Waals surface area contributed by atoms with Crippen LogP contribution in [0.15, 0.2) is 199 Å². The Hall–Kier alpha value is -5.89. The van der Waals surface area contributed by atoms with E-state index in [4.69, 9.17) is 33.2 Å². The summed E-state index contributed by atoms with van der Waals surface area (Å²) in [5.41, 5.74) is 0.753. The summed E-state index contributed by atoms with van der Waals surface area (Å²) in [5, 5.41) is 0. The van der Waals surface area contributed by atoms with E-state index in [1.807, 2.05) is 24.3 Å². The molecule has 13 rings (SSSR count). The van der Waals surface area contributed by atoms with E-state index in [1.54, 1.807) is 13.8 Å². The number of esters is 3. The van der Waals surface area contributed by atoms with Crippen molar-refractivity contribution in [2.24, 2.45) is 11.8 Å². The van der Waals surface area contributed by atoms with Gasteiger partial charge in [-0.3, -0.25) is 9.59 Å². The second-order valence-electron chi connectivity index (χ2n) is 19.4. The Labute approximate surface area is 414 Å². The molecule has 70 heavy (non-hydrogen) atoms. The third-order valence-electron chi connectivity index (χ3n) is 13.9. The first-order valence-corrected chi connectivity index (χ1v) is 26.7. The van der Waals surface area contributed by atoms with Crippen molar-refractivity contribution in [1.82, 2.24) is 0 Å². The van der Waals surface area contributed by atoms with Gasteiger partial charge in [-0.1, -0.05) is 84.9 Å². The Morgan fingerprint density at radius 3 is 1.66 bits per heavy atom. The third kappa shape index (κ3) is 9.89. The zero-order chi connectivity index (χ0) is 47.8. The van der Waals surface area contributed by atoms with Gasteiger partial charge in [-0.25, -0.2) is 4.79 Å². The lowest BCUT2D eigenvalue weighted by Crippen LogP contribution is -2.49. The van der Waals surface area contributed by atoms with Crippen LogP contribution < -0.4 is 4.74 Å². The van der Waals surface area contributed by atoms with Crippen LogP contribution in [0.5, 0.6) is 5.75 Å². The van der Waals surface area contributed by atoms with E-state index in [2.05, 4.69) is 146 Å². The topological polar surface area (TPSA) is 116 Å². The average molecular weight is 977 g/mol. The van der Waals surface area contributed by atoms with E-state index in [1.165, 1.54) is 29.4 Å². The highest BCUT2D eigenvalue weighted by atomic mass is 32.2. The average Bonchev–Trinajstić information content (AvgIpc) is 3.92. The van der Waals surface area contributed by atoms with Crippen molar-refractivity contribution >= 4 is 39.7 Å². The summed E-state index contributed by atoms with van der Waals surface area (Å²) in [4.78, 5) is 45.0. The molecule has 2 aliphatic carbocycles. The fraction of sp³-hybridized carbons (Fsp3) is 0.328. The molecule has 4 bridgehead atoms. The van der Waals surface area contributed by atoms with Crippen molar-refractivity contribution in [2.45, 2.75) is 136 Å². The summed E-state index contributed by atoms with van der Waals surface area (Å²) in [7, 11) is -0.393. The fourth-order valence-electron chi connectivity index (χ4n) is 11.0. The molecular formula is C58H56O10S2+2. The van der Waals surface area contributed by atoms with Crippen LogP contribution in [0.2, 0.25) is 0 Å². The molecule has 6 aromatic carbocycles. The lowest BCUT2D eigenvalue weighted by molar-refractivity contribution is -0.216. The summed E-state index contributed by atoms with van der Waals surface area (Å²) >= 11 is 0. The number of aryl methyl sites for hydroxylation is 1.